The Kier molecular flexibility index (Phi) is 8.02. The van der Waals surface area contributed by atoms with Crippen molar-refractivity contribution in [1.82, 2.24) is 4.31 Å². The lowest BCUT2D eigenvalue weighted by atomic mass is 10.2. The summed E-state index contributed by atoms with van der Waals surface area (Å²) < 4.78 is 50.9. The van der Waals surface area contributed by atoms with Gasteiger partial charge in [-0.15, -0.1) is 11.3 Å². The van der Waals surface area contributed by atoms with Crippen molar-refractivity contribution in [1.29, 1.82) is 0 Å². The number of carbonyl (C=O) groups is 1. The highest BCUT2D eigenvalue weighted by Crippen LogP contribution is 2.25. The summed E-state index contributed by atoms with van der Waals surface area (Å²) in [5.74, 6) is -1.16. The van der Waals surface area contributed by atoms with Gasteiger partial charge in [-0.05, 0) is 48.2 Å². The molecule has 0 amide bonds. The summed E-state index contributed by atoms with van der Waals surface area (Å²) >= 11 is 0.967. The summed E-state index contributed by atoms with van der Waals surface area (Å²) in [5, 5.41) is 10.4. The Bertz CT molecular complexity index is 1300. The van der Waals surface area contributed by atoms with E-state index < -0.39 is 26.0 Å². The second-order valence-electron chi connectivity index (χ2n) is 6.70. The van der Waals surface area contributed by atoms with Crippen molar-refractivity contribution >= 4 is 48.7 Å². The number of thiophene rings is 1. The molecule has 0 aliphatic carbocycles. The predicted octanol–water partition coefficient (Wildman–Crippen LogP) is 3.07. The van der Waals surface area contributed by atoms with Crippen LogP contribution >= 0.6 is 11.3 Å². The number of benzene rings is 2. The highest BCUT2D eigenvalue weighted by atomic mass is 32.2. The zero-order valence-corrected chi connectivity index (χ0v) is 20.0. The van der Waals surface area contributed by atoms with Gasteiger partial charge in [-0.3, -0.25) is 4.72 Å². The minimum Gasteiger partial charge on any atom is -0.477 e. The largest absolute Gasteiger partial charge is 0.477 e. The number of sulfonamides is 2. The lowest BCUT2D eigenvalue weighted by molar-refractivity contribution is 0.0703. The van der Waals surface area contributed by atoms with Gasteiger partial charge >= 0.3 is 5.97 Å². The standard InChI is InChI=1S/C11H9NO4S2.C9H14N2O2S/c13-11(14)10-9(6-7-17-10)12-18(15,16)8-4-2-1-3-5-8;1-7-4-5-8(10)6-9(7)14(12,13)11(2)3/h1-7,12H,(H,13,14);4-6H,10H2,1-3H3. The van der Waals surface area contributed by atoms with Gasteiger partial charge in [0.15, 0.2) is 0 Å². The molecule has 1 aromatic heterocycles. The lowest BCUT2D eigenvalue weighted by Crippen LogP contribution is -2.23. The maximum atomic E-state index is 12.0. The van der Waals surface area contributed by atoms with Crippen LogP contribution in [0.25, 0.3) is 0 Å². The third-order valence-electron chi connectivity index (χ3n) is 4.13. The number of hydrogen-bond donors (Lipinski definition) is 3. The van der Waals surface area contributed by atoms with Crippen LogP contribution < -0.4 is 10.5 Å². The van der Waals surface area contributed by atoms with Crippen molar-refractivity contribution in [3.8, 4) is 0 Å². The van der Waals surface area contributed by atoms with E-state index in [2.05, 4.69) is 4.72 Å². The average molecular weight is 498 g/mol. The molecule has 12 heteroatoms. The van der Waals surface area contributed by atoms with Crippen LogP contribution in [0.5, 0.6) is 0 Å². The zero-order chi connectivity index (χ0) is 24.1. The number of nitrogen functional groups attached to an aromatic ring is 1. The Hall–Kier alpha value is -2.93. The fourth-order valence-electron chi connectivity index (χ4n) is 2.45. The number of aromatic carboxylic acids is 1. The summed E-state index contributed by atoms with van der Waals surface area (Å²) in [6.07, 6.45) is 0. The van der Waals surface area contributed by atoms with Gasteiger partial charge in [-0.2, -0.15) is 0 Å². The number of carboxylic acids is 1. The van der Waals surface area contributed by atoms with Crippen LogP contribution in [0.15, 0.2) is 69.8 Å². The summed E-state index contributed by atoms with van der Waals surface area (Å²) in [5.41, 5.74) is 6.78. The van der Waals surface area contributed by atoms with Crippen LogP contribution in [-0.4, -0.2) is 46.3 Å². The number of anilines is 2. The molecule has 0 fully saturated rings. The first-order valence-corrected chi connectivity index (χ1v) is 12.8. The molecule has 0 unspecified atom stereocenters. The number of nitrogens with zero attached hydrogens (tertiary/aromatic N) is 1. The third kappa shape index (κ3) is 6.07. The van der Waals surface area contributed by atoms with E-state index in [4.69, 9.17) is 10.8 Å². The van der Waals surface area contributed by atoms with E-state index in [9.17, 15) is 21.6 Å². The monoisotopic (exact) mass is 497 g/mol. The van der Waals surface area contributed by atoms with Crippen molar-refractivity contribution in [2.75, 3.05) is 24.6 Å². The van der Waals surface area contributed by atoms with Crippen LogP contribution in [0, 0.1) is 6.92 Å². The third-order valence-corrected chi connectivity index (χ3v) is 8.37. The normalized spacial score (nSPS) is 11.5. The van der Waals surface area contributed by atoms with Gasteiger partial charge in [-0.25, -0.2) is 25.9 Å². The number of aryl methyl sites for hydroxylation is 1. The quantitative estimate of drug-likeness (QED) is 0.443. The first kappa shape index (κ1) is 25.3. The molecule has 0 atom stereocenters. The van der Waals surface area contributed by atoms with E-state index in [-0.39, 0.29) is 20.4 Å². The molecular weight excluding hydrogens is 474 g/mol. The maximum Gasteiger partial charge on any atom is 0.348 e. The van der Waals surface area contributed by atoms with E-state index in [1.807, 2.05) is 0 Å². The molecule has 32 heavy (non-hydrogen) atoms. The molecule has 1 heterocycles. The van der Waals surface area contributed by atoms with E-state index in [1.54, 1.807) is 37.3 Å². The van der Waals surface area contributed by atoms with Crippen molar-refractivity contribution < 1.29 is 26.7 Å². The van der Waals surface area contributed by atoms with Crippen molar-refractivity contribution in [2.24, 2.45) is 0 Å². The molecule has 4 N–H and O–H groups in total. The van der Waals surface area contributed by atoms with Gasteiger partial charge < -0.3 is 10.8 Å². The summed E-state index contributed by atoms with van der Waals surface area (Å²) in [7, 11) is -4.13. The fourth-order valence-corrected chi connectivity index (χ4v) is 5.45. The number of hydrogen-bond acceptors (Lipinski definition) is 7. The number of carboxylic acid groups (broad SMARTS) is 1. The van der Waals surface area contributed by atoms with E-state index in [0.29, 0.717) is 11.3 Å². The van der Waals surface area contributed by atoms with Crippen LogP contribution in [0.2, 0.25) is 0 Å². The Morgan fingerprint density at radius 2 is 1.66 bits per heavy atom. The molecule has 9 nitrogen and oxygen atoms in total. The second-order valence-corrected chi connectivity index (χ2v) is 11.4. The van der Waals surface area contributed by atoms with Crippen LogP contribution in [0.4, 0.5) is 11.4 Å². The molecule has 3 aromatic rings. The maximum absolute atomic E-state index is 12.0. The second kappa shape index (κ2) is 10.1. The fraction of sp³-hybridized carbons (Fsp3) is 0.150. The molecule has 0 radical (unpaired) electrons. The minimum absolute atomic E-state index is 0.0329. The predicted molar refractivity (Wildman–Crippen MR) is 125 cm³/mol. The first-order valence-electron chi connectivity index (χ1n) is 9.03. The SMILES string of the molecule is Cc1ccc(N)cc1S(=O)(=O)N(C)C.O=C(O)c1sccc1NS(=O)(=O)c1ccccc1. The molecule has 3 rings (SSSR count). The number of nitrogens with two attached hydrogens (primary N) is 1. The Labute approximate surface area is 191 Å². The Morgan fingerprint density at radius 3 is 2.22 bits per heavy atom. The minimum atomic E-state index is -3.75. The molecule has 2 aromatic carbocycles. The van der Waals surface area contributed by atoms with Crippen molar-refractivity contribution in [3.05, 3.63) is 70.4 Å². The van der Waals surface area contributed by atoms with E-state index >= 15 is 0 Å². The molecule has 0 bridgehead atoms. The highest BCUT2D eigenvalue weighted by Gasteiger charge is 2.20. The summed E-state index contributed by atoms with van der Waals surface area (Å²) in [4.78, 5) is 11.2. The lowest BCUT2D eigenvalue weighted by Gasteiger charge is -2.13. The summed E-state index contributed by atoms with van der Waals surface area (Å²) in [6, 6.07) is 14.1. The molecule has 0 saturated carbocycles. The number of rotatable bonds is 6. The topological polar surface area (TPSA) is 147 Å². The van der Waals surface area contributed by atoms with Gasteiger partial charge in [0.05, 0.1) is 15.5 Å². The van der Waals surface area contributed by atoms with Gasteiger partial charge in [0.1, 0.15) is 4.88 Å². The van der Waals surface area contributed by atoms with Crippen molar-refractivity contribution in [3.63, 3.8) is 0 Å². The molecule has 172 valence electrons. The van der Waals surface area contributed by atoms with Gasteiger partial charge in [0.25, 0.3) is 10.0 Å². The number of nitrogens with one attached hydrogen (secondary N) is 1. The zero-order valence-electron chi connectivity index (χ0n) is 17.5. The molecule has 0 spiro atoms. The van der Waals surface area contributed by atoms with Gasteiger partial charge in [0, 0.05) is 19.8 Å². The molecule has 0 aliphatic heterocycles. The van der Waals surface area contributed by atoms with Crippen LogP contribution in [-0.2, 0) is 20.0 Å². The Morgan fingerprint density at radius 1 is 1.03 bits per heavy atom. The summed E-state index contributed by atoms with van der Waals surface area (Å²) in [6.45, 7) is 1.75. The molecule has 0 saturated heterocycles. The first-order chi connectivity index (χ1) is 14.9. The highest BCUT2D eigenvalue weighted by molar-refractivity contribution is 7.92. The smallest absolute Gasteiger partial charge is 0.348 e. The van der Waals surface area contributed by atoms with Crippen LogP contribution in [0.1, 0.15) is 15.2 Å². The Balaban J connectivity index is 0.000000235. The van der Waals surface area contributed by atoms with E-state index in [1.165, 1.54) is 48.0 Å². The molecule has 0 aliphatic rings. The van der Waals surface area contributed by atoms with E-state index in [0.717, 1.165) is 11.3 Å². The van der Waals surface area contributed by atoms with Gasteiger partial charge in [-0.1, -0.05) is 24.3 Å². The van der Waals surface area contributed by atoms with Gasteiger partial charge in [0.2, 0.25) is 10.0 Å². The average Bonchev–Trinajstić information content (AvgIpc) is 3.18. The van der Waals surface area contributed by atoms with Crippen molar-refractivity contribution in [2.45, 2.75) is 16.7 Å². The van der Waals surface area contributed by atoms with Crippen LogP contribution in [0.3, 0.4) is 0 Å². The molecular formula is C20H23N3O6S3.